The molecular weight excluding hydrogens is 190 g/mol. The summed E-state index contributed by atoms with van der Waals surface area (Å²) in [6, 6.07) is 0.218. The first-order valence-corrected chi connectivity index (χ1v) is 5.96. The van der Waals surface area contributed by atoms with Gasteiger partial charge in [0.05, 0.1) is 12.1 Å². The molecule has 0 bridgehead atoms. The SMILES string of the molecule is CN1CCCC1C=O.COC1CCCC1. The maximum Gasteiger partial charge on any atom is 0.137 e. The van der Waals surface area contributed by atoms with Gasteiger partial charge in [0.2, 0.25) is 0 Å². The number of carbonyl (C=O) groups excluding carboxylic acids is 1. The predicted octanol–water partition coefficient (Wildman–Crippen LogP) is 1.85. The highest BCUT2D eigenvalue weighted by molar-refractivity contribution is 5.57. The smallest absolute Gasteiger partial charge is 0.137 e. The molecule has 15 heavy (non-hydrogen) atoms. The number of aldehydes is 1. The maximum absolute atomic E-state index is 10.2. The molecule has 1 aliphatic carbocycles. The molecule has 3 nitrogen and oxygen atoms in total. The van der Waals surface area contributed by atoms with Gasteiger partial charge >= 0.3 is 0 Å². The van der Waals surface area contributed by atoms with Crippen molar-refractivity contribution in [2.24, 2.45) is 0 Å². The number of rotatable bonds is 2. The van der Waals surface area contributed by atoms with Crippen LogP contribution >= 0.6 is 0 Å². The average Bonchev–Trinajstić information content (AvgIpc) is 2.88. The van der Waals surface area contributed by atoms with Crippen LogP contribution in [-0.4, -0.2) is 44.0 Å². The van der Waals surface area contributed by atoms with Gasteiger partial charge in [-0.05, 0) is 39.3 Å². The van der Waals surface area contributed by atoms with Crippen molar-refractivity contribution in [1.29, 1.82) is 0 Å². The maximum atomic E-state index is 10.2. The van der Waals surface area contributed by atoms with E-state index < -0.39 is 0 Å². The summed E-state index contributed by atoms with van der Waals surface area (Å²) >= 11 is 0. The molecule has 2 rings (SSSR count). The molecule has 1 aliphatic heterocycles. The van der Waals surface area contributed by atoms with E-state index in [9.17, 15) is 4.79 Å². The van der Waals surface area contributed by atoms with E-state index >= 15 is 0 Å². The molecule has 1 saturated heterocycles. The standard InChI is InChI=1S/C6H11NO.C6H12O/c1-7-4-2-3-6(7)5-8;1-7-6-4-2-3-5-6/h5-6H,2-4H2,1H3;6H,2-5H2,1H3. The third-order valence-electron chi connectivity index (χ3n) is 3.37. The van der Waals surface area contributed by atoms with E-state index in [0.29, 0.717) is 6.10 Å². The minimum atomic E-state index is 0.218. The summed E-state index contributed by atoms with van der Waals surface area (Å²) in [6.45, 7) is 1.09. The van der Waals surface area contributed by atoms with Crippen LogP contribution in [0.4, 0.5) is 0 Å². The number of nitrogens with zero attached hydrogens (tertiary/aromatic N) is 1. The molecule has 0 radical (unpaired) electrons. The summed E-state index contributed by atoms with van der Waals surface area (Å²) < 4.78 is 5.11. The van der Waals surface area contributed by atoms with Crippen molar-refractivity contribution < 1.29 is 9.53 Å². The molecule has 0 spiro atoms. The second kappa shape index (κ2) is 6.96. The Kier molecular flexibility index (Phi) is 5.88. The minimum Gasteiger partial charge on any atom is -0.381 e. The van der Waals surface area contributed by atoms with Crippen LogP contribution < -0.4 is 0 Å². The van der Waals surface area contributed by atoms with Gasteiger partial charge in [-0.15, -0.1) is 0 Å². The van der Waals surface area contributed by atoms with E-state index in [1.54, 1.807) is 7.11 Å². The molecule has 3 heteroatoms. The van der Waals surface area contributed by atoms with Crippen LogP contribution in [0, 0.1) is 0 Å². The van der Waals surface area contributed by atoms with Crippen LogP contribution in [0.25, 0.3) is 0 Å². The van der Waals surface area contributed by atoms with Gasteiger partial charge < -0.3 is 9.53 Å². The third kappa shape index (κ3) is 4.31. The highest BCUT2D eigenvalue weighted by atomic mass is 16.5. The molecule has 0 aromatic heterocycles. The molecule has 1 unspecified atom stereocenters. The van der Waals surface area contributed by atoms with Crippen LogP contribution in [0.15, 0.2) is 0 Å². The Morgan fingerprint density at radius 1 is 1.20 bits per heavy atom. The second-order valence-electron chi connectivity index (χ2n) is 4.47. The quantitative estimate of drug-likeness (QED) is 0.656. The first-order chi connectivity index (χ1) is 7.27. The summed E-state index contributed by atoms with van der Waals surface area (Å²) in [6.07, 6.45) is 9.19. The number of likely N-dealkylation sites (tertiary alicyclic amines) is 1. The van der Waals surface area contributed by atoms with E-state index in [1.807, 2.05) is 7.05 Å². The first kappa shape index (κ1) is 12.7. The largest absolute Gasteiger partial charge is 0.381 e. The lowest BCUT2D eigenvalue weighted by molar-refractivity contribution is -0.111. The Labute approximate surface area is 92.8 Å². The molecule has 1 heterocycles. The number of hydrogen-bond acceptors (Lipinski definition) is 3. The van der Waals surface area contributed by atoms with E-state index in [2.05, 4.69) is 4.90 Å². The number of ether oxygens (including phenoxy) is 1. The van der Waals surface area contributed by atoms with Crippen LogP contribution in [0.1, 0.15) is 38.5 Å². The highest BCUT2D eigenvalue weighted by Crippen LogP contribution is 2.19. The molecule has 88 valence electrons. The number of carbonyl (C=O) groups is 1. The zero-order valence-electron chi connectivity index (χ0n) is 9.95. The van der Waals surface area contributed by atoms with Crippen LogP contribution in [0.5, 0.6) is 0 Å². The first-order valence-electron chi connectivity index (χ1n) is 5.96. The summed E-state index contributed by atoms with van der Waals surface area (Å²) in [5, 5.41) is 0. The summed E-state index contributed by atoms with van der Waals surface area (Å²) in [5.41, 5.74) is 0. The van der Waals surface area contributed by atoms with Crippen LogP contribution in [-0.2, 0) is 9.53 Å². The van der Waals surface area contributed by atoms with Crippen molar-refractivity contribution in [1.82, 2.24) is 4.90 Å². The van der Waals surface area contributed by atoms with Crippen molar-refractivity contribution in [3.8, 4) is 0 Å². The summed E-state index contributed by atoms with van der Waals surface area (Å²) in [4.78, 5) is 12.3. The van der Waals surface area contributed by atoms with Gasteiger partial charge in [0.1, 0.15) is 6.29 Å². The van der Waals surface area contributed by atoms with Gasteiger partial charge in [0.25, 0.3) is 0 Å². The number of hydrogen-bond donors (Lipinski definition) is 0. The molecule has 2 fully saturated rings. The molecule has 2 aliphatic rings. The number of methoxy groups -OCH3 is 1. The van der Waals surface area contributed by atoms with Crippen molar-refractivity contribution in [2.45, 2.75) is 50.7 Å². The van der Waals surface area contributed by atoms with Crippen LogP contribution in [0.2, 0.25) is 0 Å². The third-order valence-corrected chi connectivity index (χ3v) is 3.37. The molecule has 0 aromatic carbocycles. The average molecular weight is 213 g/mol. The molecule has 1 atom stereocenters. The Hall–Kier alpha value is -0.410. The molecular formula is C12H23NO2. The Morgan fingerprint density at radius 2 is 1.87 bits per heavy atom. The van der Waals surface area contributed by atoms with Gasteiger partial charge in [0.15, 0.2) is 0 Å². The highest BCUT2D eigenvalue weighted by Gasteiger charge is 2.18. The van der Waals surface area contributed by atoms with Gasteiger partial charge in [-0.3, -0.25) is 4.90 Å². The lowest BCUT2D eigenvalue weighted by Crippen LogP contribution is -2.25. The van der Waals surface area contributed by atoms with Crippen LogP contribution in [0.3, 0.4) is 0 Å². The van der Waals surface area contributed by atoms with Gasteiger partial charge in [-0.25, -0.2) is 0 Å². The van der Waals surface area contributed by atoms with E-state index in [1.165, 1.54) is 32.1 Å². The molecule has 0 amide bonds. The lowest BCUT2D eigenvalue weighted by atomic mass is 10.2. The monoisotopic (exact) mass is 213 g/mol. The minimum absolute atomic E-state index is 0.218. The van der Waals surface area contributed by atoms with E-state index in [4.69, 9.17) is 4.74 Å². The normalized spacial score (nSPS) is 27.5. The Bertz CT molecular complexity index is 178. The topological polar surface area (TPSA) is 29.5 Å². The fourth-order valence-corrected chi connectivity index (χ4v) is 2.23. The zero-order valence-corrected chi connectivity index (χ0v) is 9.95. The second-order valence-corrected chi connectivity index (χ2v) is 4.47. The molecule has 0 aromatic rings. The summed E-state index contributed by atoms with van der Waals surface area (Å²) in [5.74, 6) is 0. The fraction of sp³-hybridized carbons (Fsp3) is 0.917. The summed E-state index contributed by atoms with van der Waals surface area (Å²) in [7, 11) is 3.79. The van der Waals surface area contributed by atoms with Crippen molar-refractivity contribution in [3.05, 3.63) is 0 Å². The Morgan fingerprint density at radius 3 is 2.13 bits per heavy atom. The molecule has 1 saturated carbocycles. The van der Waals surface area contributed by atoms with Gasteiger partial charge in [-0.2, -0.15) is 0 Å². The molecule has 0 N–H and O–H groups in total. The van der Waals surface area contributed by atoms with E-state index in [-0.39, 0.29) is 6.04 Å². The van der Waals surface area contributed by atoms with E-state index in [0.717, 1.165) is 19.3 Å². The van der Waals surface area contributed by atoms with Gasteiger partial charge in [0, 0.05) is 7.11 Å². The van der Waals surface area contributed by atoms with Crippen molar-refractivity contribution in [3.63, 3.8) is 0 Å². The predicted molar refractivity (Wildman–Crippen MR) is 61.0 cm³/mol. The number of likely N-dealkylation sites (N-methyl/N-ethyl adjacent to an activating group) is 1. The van der Waals surface area contributed by atoms with Crippen molar-refractivity contribution >= 4 is 6.29 Å². The Balaban J connectivity index is 0.000000151. The zero-order chi connectivity index (χ0) is 11.1. The van der Waals surface area contributed by atoms with Gasteiger partial charge in [-0.1, -0.05) is 12.8 Å². The fourth-order valence-electron chi connectivity index (χ4n) is 2.23. The van der Waals surface area contributed by atoms with Crippen molar-refractivity contribution in [2.75, 3.05) is 20.7 Å². The lowest BCUT2D eigenvalue weighted by Gasteiger charge is -2.10.